The van der Waals surface area contributed by atoms with Crippen molar-refractivity contribution in [2.75, 3.05) is 19.6 Å². The van der Waals surface area contributed by atoms with Crippen LogP contribution in [0.25, 0.3) is 11.1 Å². The van der Waals surface area contributed by atoms with Gasteiger partial charge in [-0.2, -0.15) is 0 Å². The van der Waals surface area contributed by atoms with Crippen LogP contribution >= 0.6 is 11.6 Å². The normalized spacial score (nSPS) is 20.7. The number of aliphatic imine (C=N–C) groups is 1. The van der Waals surface area contributed by atoms with Gasteiger partial charge in [0.2, 0.25) is 5.91 Å². The summed E-state index contributed by atoms with van der Waals surface area (Å²) in [6, 6.07) is 15.4. The number of likely N-dealkylation sites (tertiary alicyclic amines) is 1. The molecule has 2 aromatic rings. The molecule has 36 heavy (non-hydrogen) atoms. The van der Waals surface area contributed by atoms with Crippen LogP contribution in [-0.4, -0.2) is 42.7 Å². The van der Waals surface area contributed by atoms with Crippen LogP contribution < -0.4 is 11.1 Å². The third kappa shape index (κ3) is 6.67. The molecule has 1 aliphatic heterocycles. The topological polar surface area (TPSA) is 87.8 Å². The monoisotopic (exact) mass is 508 g/mol. The zero-order valence-corrected chi connectivity index (χ0v) is 21.8. The number of carbonyl (C=O) groups excluding carboxylic acids is 2. The summed E-state index contributed by atoms with van der Waals surface area (Å²) in [6.07, 6.45) is 8.66. The molecule has 4 rings (SSSR count). The van der Waals surface area contributed by atoms with Crippen LogP contribution in [0.15, 0.2) is 53.5 Å². The second kappa shape index (κ2) is 11.9. The summed E-state index contributed by atoms with van der Waals surface area (Å²) in [5.74, 6) is 1.35. The summed E-state index contributed by atoms with van der Waals surface area (Å²) in [6.45, 7) is 3.85. The number of guanidine groups is 1. The molecule has 2 aromatic carbocycles. The predicted octanol–water partition coefficient (Wildman–Crippen LogP) is 5.14. The number of rotatable bonds is 8. The smallest absolute Gasteiger partial charge is 0.222 e. The van der Waals surface area contributed by atoms with Crippen molar-refractivity contribution in [3.8, 4) is 11.1 Å². The molecule has 0 radical (unpaired) electrons. The summed E-state index contributed by atoms with van der Waals surface area (Å²) < 4.78 is 0. The Morgan fingerprint density at radius 3 is 2.56 bits per heavy atom. The van der Waals surface area contributed by atoms with E-state index >= 15 is 0 Å². The Hall–Kier alpha value is -2.86. The fourth-order valence-corrected chi connectivity index (χ4v) is 5.56. The van der Waals surface area contributed by atoms with Gasteiger partial charge in [-0.25, -0.2) is 0 Å². The Bertz CT molecular complexity index is 1100. The van der Waals surface area contributed by atoms with Crippen LogP contribution in [0.2, 0.25) is 5.02 Å². The van der Waals surface area contributed by atoms with Crippen molar-refractivity contribution in [3.05, 3.63) is 59.1 Å². The number of nitrogens with one attached hydrogen (secondary N) is 1. The molecular weight excluding hydrogens is 472 g/mol. The number of nitrogens with two attached hydrogens (primary N) is 1. The summed E-state index contributed by atoms with van der Waals surface area (Å²) in [5.41, 5.74) is 7.92. The number of hydrogen-bond acceptors (Lipinski definition) is 3. The molecule has 192 valence electrons. The number of hydrogen-bond donors (Lipinski definition) is 2. The minimum absolute atomic E-state index is 0.227. The molecule has 2 atom stereocenters. The van der Waals surface area contributed by atoms with Gasteiger partial charge in [0, 0.05) is 31.1 Å². The minimum atomic E-state index is -1.03. The molecule has 1 saturated carbocycles. The fourth-order valence-electron chi connectivity index (χ4n) is 5.37. The maximum Gasteiger partial charge on any atom is 0.222 e. The molecule has 7 heteroatoms. The average molecular weight is 509 g/mol. The van der Waals surface area contributed by atoms with Crippen molar-refractivity contribution in [2.45, 2.75) is 57.4 Å². The first-order chi connectivity index (χ1) is 17.4. The van der Waals surface area contributed by atoms with Gasteiger partial charge < -0.3 is 20.7 Å². The maximum absolute atomic E-state index is 12.7. The molecule has 1 unspecified atom stereocenters. The van der Waals surface area contributed by atoms with Crippen LogP contribution in [0.4, 0.5) is 0 Å². The Morgan fingerprint density at radius 1 is 1.11 bits per heavy atom. The van der Waals surface area contributed by atoms with Crippen molar-refractivity contribution in [1.29, 1.82) is 0 Å². The second-order valence-electron chi connectivity index (χ2n) is 10.5. The molecule has 6 nitrogen and oxygen atoms in total. The number of nitrogens with zero attached hydrogens (tertiary/aromatic N) is 2. The van der Waals surface area contributed by atoms with E-state index in [9.17, 15) is 9.59 Å². The first-order valence-corrected chi connectivity index (χ1v) is 13.4. The summed E-state index contributed by atoms with van der Waals surface area (Å²) in [4.78, 5) is 31.4. The minimum Gasteiger partial charge on any atom is -0.370 e. The SMILES string of the molecule is CC(C=O)(NC(N)=NC[C@H]1CCN(C(=O)CC2CCCCC2)C1)c1cccc(-c2cccc(Cl)c2)c1. The Kier molecular flexibility index (Phi) is 8.68. The van der Waals surface area contributed by atoms with E-state index in [1.807, 2.05) is 53.4 Å². The van der Waals surface area contributed by atoms with Crippen molar-refractivity contribution >= 4 is 29.8 Å². The van der Waals surface area contributed by atoms with Gasteiger partial charge in [0.1, 0.15) is 11.8 Å². The van der Waals surface area contributed by atoms with Gasteiger partial charge in [-0.3, -0.25) is 9.79 Å². The molecule has 2 fully saturated rings. The van der Waals surface area contributed by atoms with E-state index in [1.54, 1.807) is 6.92 Å². The standard InChI is InChI=1S/C29H37ClN4O2/c1-29(20-35,25-11-5-9-23(16-25)24-10-6-12-26(30)17-24)33-28(31)32-18-22-13-14-34(19-22)27(36)15-21-7-3-2-4-8-21/h5-6,9-12,16-17,20-22H,2-4,7-8,13-15,18-19H2,1H3,(H3,31,32,33)/t22-,29?/m1/s1. The molecule has 3 N–H and O–H groups in total. The maximum atomic E-state index is 12.7. The zero-order chi connectivity index (χ0) is 25.5. The van der Waals surface area contributed by atoms with Crippen LogP contribution in [0.1, 0.15) is 57.4 Å². The summed E-state index contributed by atoms with van der Waals surface area (Å²) >= 11 is 6.16. The molecule has 0 aromatic heterocycles. The van der Waals surface area contributed by atoms with Gasteiger partial charge in [0.05, 0.1) is 0 Å². The number of amides is 1. The van der Waals surface area contributed by atoms with E-state index < -0.39 is 5.54 Å². The van der Waals surface area contributed by atoms with E-state index in [4.69, 9.17) is 17.3 Å². The van der Waals surface area contributed by atoms with E-state index in [0.29, 0.717) is 23.9 Å². The summed E-state index contributed by atoms with van der Waals surface area (Å²) in [7, 11) is 0. The van der Waals surface area contributed by atoms with E-state index in [-0.39, 0.29) is 17.8 Å². The largest absolute Gasteiger partial charge is 0.370 e. The average Bonchev–Trinajstić information content (AvgIpc) is 3.37. The number of carbonyl (C=O) groups is 2. The highest BCUT2D eigenvalue weighted by molar-refractivity contribution is 6.30. The Balaban J connectivity index is 1.34. The molecule has 1 heterocycles. The second-order valence-corrected chi connectivity index (χ2v) is 10.9. The van der Waals surface area contributed by atoms with Gasteiger partial charge in [0.25, 0.3) is 0 Å². The third-order valence-corrected chi connectivity index (χ3v) is 7.83. The lowest BCUT2D eigenvalue weighted by Crippen LogP contribution is -2.48. The predicted molar refractivity (Wildman–Crippen MR) is 146 cm³/mol. The highest BCUT2D eigenvalue weighted by atomic mass is 35.5. The van der Waals surface area contributed by atoms with E-state index in [1.165, 1.54) is 32.1 Å². The molecule has 1 aliphatic carbocycles. The van der Waals surface area contributed by atoms with Crippen molar-refractivity contribution < 1.29 is 9.59 Å². The quantitative estimate of drug-likeness (QED) is 0.293. The van der Waals surface area contributed by atoms with E-state index in [2.05, 4.69) is 10.3 Å². The van der Waals surface area contributed by atoms with Gasteiger partial charge in [-0.1, -0.05) is 61.2 Å². The lowest BCUT2D eigenvalue weighted by atomic mass is 9.87. The van der Waals surface area contributed by atoms with Crippen LogP contribution in [0.5, 0.6) is 0 Å². The van der Waals surface area contributed by atoms with Crippen molar-refractivity contribution in [1.82, 2.24) is 10.2 Å². The molecule has 1 saturated heterocycles. The molecular formula is C29H37ClN4O2. The van der Waals surface area contributed by atoms with Crippen LogP contribution in [0.3, 0.4) is 0 Å². The molecule has 0 bridgehead atoms. The van der Waals surface area contributed by atoms with Gasteiger partial charge in [0.15, 0.2) is 5.96 Å². The van der Waals surface area contributed by atoms with Crippen molar-refractivity contribution in [3.63, 3.8) is 0 Å². The third-order valence-electron chi connectivity index (χ3n) is 7.59. The zero-order valence-electron chi connectivity index (χ0n) is 21.1. The number of benzene rings is 2. The first-order valence-electron chi connectivity index (χ1n) is 13.0. The lowest BCUT2D eigenvalue weighted by molar-refractivity contribution is -0.131. The highest BCUT2D eigenvalue weighted by Gasteiger charge is 2.29. The fraction of sp³-hybridized carbons (Fsp3) is 0.483. The van der Waals surface area contributed by atoms with Gasteiger partial charge >= 0.3 is 0 Å². The molecule has 1 amide bonds. The summed E-state index contributed by atoms with van der Waals surface area (Å²) in [5, 5.41) is 3.77. The molecule has 2 aliphatic rings. The number of aldehydes is 1. The Labute approximate surface area is 219 Å². The van der Waals surface area contributed by atoms with E-state index in [0.717, 1.165) is 42.5 Å². The van der Waals surface area contributed by atoms with Crippen molar-refractivity contribution in [2.24, 2.45) is 22.6 Å². The number of halogens is 1. The first kappa shape index (κ1) is 26.2. The lowest BCUT2D eigenvalue weighted by Gasteiger charge is -2.26. The molecule has 0 spiro atoms. The van der Waals surface area contributed by atoms with Gasteiger partial charge in [-0.05, 0) is 72.9 Å². The van der Waals surface area contributed by atoms with Gasteiger partial charge in [-0.15, -0.1) is 0 Å². The highest BCUT2D eigenvalue weighted by Crippen LogP contribution is 2.29. The Morgan fingerprint density at radius 2 is 1.83 bits per heavy atom. The van der Waals surface area contributed by atoms with Crippen LogP contribution in [-0.2, 0) is 15.1 Å². The van der Waals surface area contributed by atoms with Crippen LogP contribution in [0, 0.1) is 11.8 Å².